The number of hydrogen-bond acceptors (Lipinski definition) is 7. The number of phenols is 1. The monoisotopic (exact) mass is 416 g/mol. The summed E-state index contributed by atoms with van der Waals surface area (Å²) < 4.78 is 10.4. The van der Waals surface area contributed by atoms with Crippen LogP contribution in [-0.2, 0) is 4.79 Å². The van der Waals surface area contributed by atoms with Crippen molar-refractivity contribution >= 4 is 46.2 Å². The van der Waals surface area contributed by atoms with Gasteiger partial charge in [0.25, 0.3) is 11.8 Å². The Labute approximate surface area is 170 Å². The maximum absolute atomic E-state index is 12.7. The second-order valence-corrected chi connectivity index (χ2v) is 7.27. The second-order valence-electron chi connectivity index (χ2n) is 5.59. The van der Waals surface area contributed by atoms with Crippen LogP contribution in [0.5, 0.6) is 17.2 Å². The minimum atomic E-state index is -0.513. The van der Waals surface area contributed by atoms with Crippen molar-refractivity contribution in [3.8, 4) is 17.2 Å². The minimum Gasteiger partial charge on any atom is -0.504 e. The van der Waals surface area contributed by atoms with Crippen LogP contribution in [0.25, 0.3) is 6.08 Å². The summed E-state index contributed by atoms with van der Waals surface area (Å²) in [6, 6.07) is 11.4. The number of nitrogens with zero attached hydrogens (tertiary/aromatic N) is 1. The molecule has 1 aliphatic rings. The normalized spacial score (nSPS) is 15.1. The molecule has 28 heavy (non-hydrogen) atoms. The first-order valence-electron chi connectivity index (χ1n) is 8.03. The Kier molecular flexibility index (Phi) is 5.86. The van der Waals surface area contributed by atoms with Gasteiger partial charge < -0.3 is 14.6 Å². The number of phenolic OH excluding ortho intramolecular Hbond substituents is 1. The number of methoxy groups -OCH3 is 2. The molecule has 0 aliphatic carbocycles. The molecule has 2 N–H and O–H groups in total. The molecule has 1 aliphatic heterocycles. The molecule has 1 fully saturated rings. The van der Waals surface area contributed by atoms with E-state index in [1.807, 2.05) is 0 Å². The number of hydrazine groups is 1. The van der Waals surface area contributed by atoms with E-state index >= 15 is 0 Å². The van der Waals surface area contributed by atoms with Crippen LogP contribution < -0.4 is 14.9 Å². The topological polar surface area (TPSA) is 88.1 Å². The van der Waals surface area contributed by atoms with Gasteiger partial charge in [-0.25, -0.2) is 0 Å². The number of thiocarbonyl (C=S) groups is 1. The van der Waals surface area contributed by atoms with Gasteiger partial charge in [0.05, 0.1) is 24.7 Å². The average Bonchev–Trinajstić information content (AvgIpc) is 2.96. The van der Waals surface area contributed by atoms with Crippen molar-refractivity contribution in [1.29, 1.82) is 0 Å². The third-order valence-corrected chi connectivity index (χ3v) is 5.16. The number of nitrogens with one attached hydrogen (secondary N) is 1. The van der Waals surface area contributed by atoms with Crippen LogP contribution in [0, 0.1) is 0 Å². The molecule has 0 radical (unpaired) electrons. The molecular weight excluding hydrogens is 400 g/mol. The molecule has 2 amide bonds. The van der Waals surface area contributed by atoms with Gasteiger partial charge in [-0.2, -0.15) is 5.01 Å². The van der Waals surface area contributed by atoms with Crippen molar-refractivity contribution in [2.75, 3.05) is 14.2 Å². The quantitative estimate of drug-likeness (QED) is 0.572. The maximum Gasteiger partial charge on any atom is 0.285 e. The molecule has 2 aromatic rings. The van der Waals surface area contributed by atoms with Crippen molar-refractivity contribution in [3.05, 3.63) is 58.5 Å². The van der Waals surface area contributed by atoms with Crippen LogP contribution in [0.4, 0.5) is 0 Å². The lowest BCUT2D eigenvalue weighted by atomic mass is 10.2. The Hall–Kier alpha value is -3.04. The van der Waals surface area contributed by atoms with E-state index in [0.29, 0.717) is 16.2 Å². The summed E-state index contributed by atoms with van der Waals surface area (Å²) in [5, 5.41) is 10.7. The average molecular weight is 416 g/mol. The van der Waals surface area contributed by atoms with E-state index in [9.17, 15) is 14.7 Å². The summed E-state index contributed by atoms with van der Waals surface area (Å²) in [5.74, 6) is -0.297. The fourth-order valence-corrected chi connectivity index (χ4v) is 3.67. The SMILES string of the molecule is COc1cc(/C=C2/SC(=S)N(NC(=O)c3ccccc3OC)C2=O)ccc1O. The third kappa shape index (κ3) is 3.95. The van der Waals surface area contributed by atoms with Gasteiger partial charge in [0.15, 0.2) is 15.8 Å². The highest BCUT2D eigenvalue weighted by Gasteiger charge is 2.34. The molecule has 0 bridgehead atoms. The Morgan fingerprint density at radius 2 is 1.89 bits per heavy atom. The highest BCUT2D eigenvalue weighted by Crippen LogP contribution is 2.33. The van der Waals surface area contributed by atoms with Crippen molar-refractivity contribution in [2.45, 2.75) is 0 Å². The number of rotatable bonds is 5. The van der Waals surface area contributed by atoms with E-state index in [1.54, 1.807) is 42.5 Å². The van der Waals surface area contributed by atoms with Crippen LogP contribution in [0.2, 0.25) is 0 Å². The summed E-state index contributed by atoms with van der Waals surface area (Å²) in [6.45, 7) is 0. The van der Waals surface area contributed by atoms with Gasteiger partial charge in [0.1, 0.15) is 5.75 Å². The zero-order valence-corrected chi connectivity index (χ0v) is 16.6. The summed E-state index contributed by atoms with van der Waals surface area (Å²) in [4.78, 5) is 25.6. The molecule has 0 aromatic heterocycles. The fourth-order valence-electron chi connectivity index (χ4n) is 2.49. The molecule has 7 nitrogen and oxygen atoms in total. The molecule has 0 saturated carbocycles. The number of carbonyl (C=O) groups is 2. The number of para-hydroxylation sites is 1. The second kappa shape index (κ2) is 8.32. The summed E-state index contributed by atoms with van der Waals surface area (Å²) in [7, 11) is 2.89. The zero-order valence-electron chi connectivity index (χ0n) is 15.0. The van der Waals surface area contributed by atoms with Crippen molar-refractivity contribution in [2.24, 2.45) is 0 Å². The largest absolute Gasteiger partial charge is 0.504 e. The van der Waals surface area contributed by atoms with E-state index < -0.39 is 11.8 Å². The first kappa shape index (κ1) is 19.7. The van der Waals surface area contributed by atoms with Crippen LogP contribution in [0.15, 0.2) is 47.4 Å². The van der Waals surface area contributed by atoms with Crippen molar-refractivity contribution < 1.29 is 24.2 Å². The van der Waals surface area contributed by atoms with Gasteiger partial charge in [0, 0.05) is 0 Å². The van der Waals surface area contributed by atoms with Crippen molar-refractivity contribution in [3.63, 3.8) is 0 Å². The van der Waals surface area contributed by atoms with Crippen LogP contribution in [-0.4, -0.2) is 40.5 Å². The molecule has 1 saturated heterocycles. The van der Waals surface area contributed by atoms with Gasteiger partial charge in [0.2, 0.25) is 0 Å². The molecule has 1 heterocycles. The summed E-state index contributed by atoms with van der Waals surface area (Å²) in [5.41, 5.74) is 3.44. The molecule has 0 spiro atoms. The number of amides is 2. The number of ether oxygens (including phenoxy) is 2. The lowest BCUT2D eigenvalue weighted by molar-refractivity contribution is -0.123. The predicted molar refractivity (Wildman–Crippen MR) is 110 cm³/mol. The number of thioether (sulfide) groups is 1. The summed E-state index contributed by atoms with van der Waals surface area (Å²) >= 11 is 6.29. The van der Waals surface area contributed by atoms with Gasteiger partial charge in [-0.1, -0.05) is 30.0 Å². The van der Waals surface area contributed by atoms with E-state index in [2.05, 4.69) is 5.43 Å². The molecule has 0 unspecified atom stereocenters. The van der Waals surface area contributed by atoms with E-state index in [4.69, 9.17) is 21.7 Å². The number of benzene rings is 2. The summed E-state index contributed by atoms with van der Waals surface area (Å²) in [6.07, 6.45) is 1.61. The van der Waals surface area contributed by atoms with Gasteiger partial charge in [-0.05, 0) is 48.1 Å². The highest BCUT2D eigenvalue weighted by molar-refractivity contribution is 8.26. The number of aromatic hydroxyl groups is 1. The fraction of sp³-hybridized carbons (Fsp3) is 0.105. The Morgan fingerprint density at radius 1 is 1.18 bits per heavy atom. The third-order valence-electron chi connectivity index (χ3n) is 3.86. The zero-order chi connectivity index (χ0) is 20.3. The van der Waals surface area contributed by atoms with Gasteiger partial charge in [-0.3, -0.25) is 15.0 Å². The lowest BCUT2D eigenvalue weighted by Gasteiger charge is -2.16. The number of hydrogen-bond donors (Lipinski definition) is 2. The predicted octanol–water partition coefficient (Wildman–Crippen LogP) is 2.96. The maximum atomic E-state index is 12.7. The lowest BCUT2D eigenvalue weighted by Crippen LogP contribution is -2.44. The van der Waals surface area contributed by atoms with E-state index in [-0.39, 0.29) is 21.4 Å². The Morgan fingerprint density at radius 3 is 2.61 bits per heavy atom. The standard InChI is InChI=1S/C19H16N2O5S2/c1-25-14-6-4-3-5-12(14)17(23)20-21-18(24)16(28-19(21)27)10-11-7-8-13(22)15(9-11)26-2/h3-10,22H,1-2H3,(H,20,23)/b16-10+. The highest BCUT2D eigenvalue weighted by atomic mass is 32.2. The molecule has 144 valence electrons. The van der Waals surface area contributed by atoms with Gasteiger partial charge >= 0.3 is 0 Å². The molecule has 2 aromatic carbocycles. The van der Waals surface area contributed by atoms with Crippen molar-refractivity contribution in [1.82, 2.24) is 10.4 Å². The first-order chi connectivity index (χ1) is 13.4. The van der Waals surface area contributed by atoms with Gasteiger partial charge in [-0.15, -0.1) is 0 Å². The Bertz CT molecular complexity index is 990. The Balaban J connectivity index is 1.81. The molecular formula is C19H16N2O5S2. The molecule has 0 atom stereocenters. The minimum absolute atomic E-state index is 0.00345. The van der Waals surface area contributed by atoms with E-state index in [1.165, 1.54) is 20.3 Å². The first-order valence-corrected chi connectivity index (χ1v) is 9.26. The molecule has 3 rings (SSSR count). The van der Waals surface area contributed by atoms with Crippen LogP contribution in [0.1, 0.15) is 15.9 Å². The number of carbonyl (C=O) groups excluding carboxylic acids is 2. The van der Waals surface area contributed by atoms with E-state index in [0.717, 1.165) is 16.8 Å². The smallest absolute Gasteiger partial charge is 0.285 e. The van der Waals surface area contributed by atoms with Crippen LogP contribution in [0.3, 0.4) is 0 Å². The van der Waals surface area contributed by atoms with Crippen LogP contribution >= 0.6 is 24.0 Å². The molecule has 9 heteroatoms.